The van der Waals surface area contributed by atoms with Crippen molar-refractivity contribution in [1.29, 1.82) is 0 Å². The summed E-state index contributed by atoms with van der Waals surface area (Å²) in [7, 11) is -2.20. The second kappa shape index (κ2) is 9.93. The first kappa shape index (κ1) is 22.8. The number of carbonyl (C=O) groups is 2. The summed E-state index contributed by atoms with van der Waals surface area (Å²) in [6.07, 6.45) is 1.16. The van der Waals surface area contributed by atoms with Crippen LogP contribution in [0.4, 0.5) is 5.69 Å². The quantitative estimate of drug-likeness (QED) is 0.656. The number of carbonyl (C=O) groups excluding carboxylic acids is 2. The van der Waals surface area contributed by atoms with Crippen LogP contribution in [-0.4, -0.2) is 51.4 Å². The maximum atomic E-state index is 13.0. The van der Waals surface area contributed by atoms with Crippen molar-refractivity contribution in [2.75, 3.05) is 32.1 Å². The zero-order chi connectivity index (χ0) is 22.4. The number of sulfonamides is 1. The van der Waals surface area contributed by atoms with E-state index in [0.29, 0.717) is 36.4 Å². The Morgan fingerprint density at radius 3 is 2.58 bits per heavy atom. The average molecular weight is 447 g/mol. The Morgan fingerprint density at radius 2 is 1.90 bits per heavy atom. The maximum absolute atomic E-state index is 13.0. The van der Waals surface area contributed by atoms with Crippen LogP contribution in [0.15, 0.2) is 53.4 Å². The molecule has 1 heterocycles. The van der Waals surface area contributed by atoms with Crippen molar-refractivity contribution < 1.29 is 27.5 Å². The van der Waals surface area contributed by atoms with E-state index in [9.17, 15) is 18.0 Å². The minimum Gasteiger partial charge on any atom is -0.497 e. The lowest BCUT2D eigenvalue weighted by atomic mass is 9.98. The monoisotopic (exact) mass is 446 g/mol. The number of nitrogens with zero attached hydrogens (tertiary/aromatic N) is 1. The summed E-state index contributed by atoms with van der Waals surface area (Å²) in [5.41, 5.74) is 0.803. The Hall–Kier alpha value is -2.91. The third-order valence-corrected chi connectivity index (χ3v) is 6.97. The van der Waals surface area contributed by atoms with E-state index in [0.717, 1.165) is 0 Å². The van der Waals surface area contributed by atoms with E-state index in [1.165, 1.54) is 23.5 Å². The third kappa shape index (κ3) is 5.42. The summed E-state index contributed by atoms with van der Waals surface area (Å²) >= 11 is 0. The molecule has 2 aromatic carbocycles. The van der Waals surface area contributed by atoms with Gasteiger partial charge < -0.3 is 14.8 Å². The number of piperidine rings is 1. The van der Waals surface area contributed by atoms with Gasteiger partial charge in [-0.3, -0.25) is 4.79 Å². The predicted molar refractivity (Wildman–Crippen MR) is 116 cm³/mol. The molecular weight excluding hydrogens is 420 g/mol. The van der Waals surface area contributed by atoms with Crippen LogP contribution in [-0.2, 0) is 19.6 Å². The van der Waals surface area contributed by atoms with Crippen LogP contribution < -0.4 is 10.1 Å². The zero-order valence-electron chi connectivity index (χ0n) is 17.5. The number of nitrogens with one attached hydrogen (secondary N) is 1. The molecule has 8 nitrogen and oxygen atoms in total. The summed E-state index contributed by atoms with van der Waals surface area (Å²) in [6, 6.07) is 12.7. The minimum absolute atomic E-state index is 0.0950. The smallest absolute Gasteiger partial charge is 0.338 e. The average Bonchev–Trinajstić information content (AvgIpc) is 2.79. The fourth-order valence-electron chi connectivity index (χ4n) is 3.45. The first-order valence-electron chi connectivity index (χ1n) is 10.1. The van der Waals surface area contributed by atoms with Gasteiger partial charge in [-0.25, -0.2) is 13.2 Å². The summed E-state index contributed by atoms with van der Waals surface area (Å²) in [5, 5.41) is 2.79. The highest BCUT2D eigenvalue weighted by molar-refractivity contribution is 7.89. The Labute approximate surface area is 182 Å². The van der Waals surface area contributed by atoms with Crippen molar-refractivity contribution >= 4 is 27.6 Å². The molecule has 166 valence electrons. The Balaban J connectivity index is 1.69. The van der Waals surface area contributed by atoms with E-state index in [1.807, 2.05) is 0 Å². The molecule has 1 amide bonds. The molecule has 2 aromatic rings. The first-order chi connectivity index (χ1) is 14.8. The highest BCUT2D eigenvalue weighted by Gasteiger charge is 2.33. The first-order valence-corrected chi connectivity index (χ1v) is 11.5. The SMILES string of the molecule is CCOC(=O)c1cccc(NC(=O)[C@@H]2CCCN(S(=O)(=O)c3ccc(OC)cc3)C2)c1. The fraction of sp³-hybridized carbons (Fsp3) is 0.364. The Bertz CT molecular complexity index is 1040. The van der Waals surface area contributed by atoms with Gasteiger partial charge in [-0.15, -0.1) is 0 Å². The number of hydrogen-bond acceptors (Lipinski definition) is 6. The van der Waals surface area contributed by atoms with Crippen LogP contribution in [0.25, 0.3) is 0 Å². The molecule has 0 radical (unpaired) electrons. The molecule has 0 unspecified atom stereocenters. The molecule has 0 bridgehead atoms. The molecule has 0 aromatic heterocycles. The number of methoxy groups -OCH3 is 1. The molecule has 1 aliphatic heterocycles. The van der Waals surface area contributed by atoms with Gasteiger partial charge in [-0.1, -0.05) is 6.07 Å². The zero-order valence-corrected chi connectivity index (χ0v) is 18.4. The predicted octanol–water partition coefficient (Wildman–Crippen LogP) is 2.91. The standard InChI is InChI=1S/C22H26N2O6S/c1-3-30-22(26)16-6-4-8-18(14-16)23-21(25)17-7-5-13-24(15-17)31(27,28)20-11-9-19(29-2)10-12-20/h4,6,8-12,14,17H,3,5,7,13,15H2,1-2H3,(H,23,25)/t17-/m1/s1. The maximum Gasteiger partial charge on any atom is 0.338 e. The van der Waals surface area contributed by atoms with Gasteiger partial charge in [-0.2, -0.15) is 4.31 Å². The molecule has 1 saturated heterocycles. The van der Waals surface area contributed by atoms with Crippen LogP contribution in [0.2, 0.25) is 0 Å². The second-order valence-corrected chi connectivity index (χ2v) is 9.11. The summed E-state index contributed by atoms with van der Waals surface area (Å²) in [5.74, 6) is -0.670. The largest absolute Gasteiger partial charge is 0.497 e. The lowest BCUT2D eigenvalue weighted by Gasteiger charge is -2.31. The number of amides is 1. The van der Waals surface area contributed by atoms with Gasteiger partial charge in [0.1, 0.15) is 5.75 Å². The molecule has 0 aliphatic carbocycles. The molecule has 9 heteroatoms. The molecule has 3 rings (SSSR count). The van der Waals surface area contributed by atoms with Gasteiger partial charge in [0, 0.05) is 18.8 Å². The van der Waals surface area contributed by atoms with Gasteiger partial charge in [0.2, 0.25) is 15.9 Å². The normalized spacial score (nSPS) is 17.0. The molecule has 0 saturated carbocycles. The van der Waals surface area contributed by atoms with Crippen molar-refractivity contribution in [1.82, 2.24) is 4.31 Å². The van der Waals surface area contributed by atoms with Gasteiger partial charge in [0.05, 0.1) is 30.1 Å². The van der Waals surface area contributed by atoms with Crippen LogP contribution in [0, 0.1) is 5.92 Å². The van der Waals surface area contributed by atoms with E-state index in [2.05, 4.69) is 5.32 Å². The number of rotatable bonds is 7. The lowest BCUT2D eigenvalue weighted by Crippen LogP contribution is -2.43. The molecule has 1 aliphatic rings. The van der Waals surface area contributed by atoms with E-state index < -0.39 is 21.9 Å². The number of esters is 1. The number of anilines is 1. The molecule has 31 heavy (non-hydrogen) atoms. The van der Waals surface area contributed by atoms with E-state index >= 15 is 0 Å². The Kier molecular flexibility index (Phi) is 7.29. The molecule has 1 atom stereocenters. The third-order valence-electron chi connectivity index (χ3n) is 5.09. The summed E-state index contributed by atoms with van der Waals surface area (Å²) in [4.78, 5) is 24.9. The summed E-state index contributed by atoms with van der Waals surface area (Å²) < 4.78 is 37.4. The topological polar surface area (TPSA) is 102 Å². The van der Waals surface area contributed by atoms with E-state index in [4.69, 9.17) is 9.47 Å². The van der Waals surface area contributed by atoms with Crippen LogP contribution in [0.5, 0.6) is 5.75 Å². The minimum atomic E-state index is -3.71. The van der Waals surface area contributed by atoms with Crippen LogP contribution in [0.1, 0.15) is 30.1 Å². The molecule has 1 N–H and O–H groups in total. The Morgan fingerprint density at radius 1 is 1.16 bits per heavy atom. The van der Waals surface area contributed by atoms with Gasteiger partial charge in [0.25, 0.3) is 0 Å². The highest BCUT2D eigenvalue weighted by Crippen LogP contribution is 2.26. The number of ether oxygens (including phenoxy) is 2. The molecular formula is C22H26N2O6S. The van der Waals surface area contributed by atoms with E-state index in [-0.39, 0.29) is 24.0 Å². The van der Waals surface area contributed by atoms with Crippen molar-refractivity contribution in [3.05, 3.63) is 54.1 Å². The summed E-state index contributed by atoms with van der Waals surface area (Å²) in [6.45, 7) is 2.43. The lowest BCUT2D eigenvalue weighted by molar-refractivity contribution is -0.120. The number of benzene rings is 2. The van der Waals surface area contributed by atoms with Crippen LogP contribution >= 0.6 is 0 Å². The van der Waals surface area contributed by atoms with Crippen molar-refractivity contribution in [2.45, 2.75) is 24.7 Å². The highest BCUT2D eigenvalue weighted by atomic mass is 32.2. The second-order valence-electron chi connectivity index (χ2n) is 7.17. The number of hydrogen-bond donors (Lipinski definition) is 1. The van der Waals surface area contributed by atoms with Crippen LogP contribution in [0.3, 0.4) is 0 Å². The van der Waals surface area contributed by atoms with Gasteiger partial charge in [0.15, 0.2) is 0 Å². The molecule has 1 fully saturated rings. The molecule has 0 spiro atoms. The van der Waals surface area contributed by atoms with E-state index in [1.54, 1.807) is 43.3 Å². The van der Waals surface area contributed by atoms with Crippen molar-refractivity contribution in [3.63, 3.8) is 0 Å². The van der Waals surface area contributed by atoms with Crippen molar-refractivity contribution in [2.24, 2.45) is 5.92 Å². The van der Waals surface area contributed by atoms with Gasteiger partial charge in [-0.05, 0) is 62.2 Å². The van der Waals surface area contributed by atoms with Crippen molar-refractivity contribution in [3.8, 4) is 5.75 Å². The van der Waals surface area contributed by atoms with Gasteiger partial charge >= 0.3 is 5.97 Å². The fourth-order valence-corrected chi connectivity index (χ4v) is 4.98.